The van der Waals surface area contributed by atoms with Crippen LogP contribution in [0.5, 0.6) is 0 Å². The molecule has 0 aliphatic carbocycles. The van der Waals surface area contributed by atoms with Crippen molar-refractivity contribution in [1.82, 2.24) is 46.5 Å². The van der Waals surface area contributed by atoms with Gasteiger partial charge in [0.25, 0.3) is 0 Å². The third kappa shape index (κ3) is 11.9. The Morgan fingerprint density at radius 1 is 0.154 bits per heavy atom. The van der Waals surface area contributed by atoms with Gasteiger partial charge in [-0.15, -0.1) is 0 Å². The molecule has 10 nitrogen and oxygen atoms in total. The average molecular weight is 1740 g/mol. The minimum atomic E-state index is 0.814. The van der Waals surface area contributed by atoms with Crippen molar-refractivity contribution in [2.45, 2.75) is 26.9 Å². The predicted octanol–water partition coefficient (Wildman–Crippen LogP) is 33.0. The van der Waals surface area contributed by atoms with Crippen LogP contribution in [-0.2, 0) is 13.1 Å². The minimum absolute atomic E-state index is 0.814. The van der Waals surface area contributed by atoms with Gasteiger partial charge in [0.15, 0.2) is 0 Å². The van der Waals surface area contributed by atoms with Crippen LogP contribution in [0.1, 0.15) is 13.8 Å². The molecule has 136 heavy (non-hydrogen) atoms. The van der Waals surface area contributed by atoms with Crippen LogP contribution in [0.25, 0.3) is 252 Å². The third-order valence-corrected chi connectivity index (χ3v) is 28.5. The number of pyridine rings is 2. The summed E-state index contributed by atoms with van der Waals surface area (Å²) in [5.74, 6) is 0. The number of fused-ring (bicyclic) bond motifs is 12. The van der Waals surface area contributed by atoms with E-state index in [4.69, 9.17) is 0 Å². The lowest BCUT2D eigenvalue weighted by Gasteiger charge is -2.21. The van der Waals surface area contributed by atoms with Gasteiger partial charge < -0.3 is 36.5 Å². The second kappa shape index (κ2) is 31.5. The Kier molecular flexibility index (Phi) is 18.0. The zero-order valence-electron chi connectivity index (χ0n) is 74.8. The average Bonchev–Trinajstić information content (AvgIpc) is 1.66. The largest absolute Gasteiger partial charge is 0.340 e. The summed E-state index contributed by atoms with van der Waals surface area (Å²) >= 11 is 0. The summed E-state index contributed by atoms with van der Waals surface area (Å²) in [7, 11) is 0. The maximum absolute atomic E-state index is 4.61. The molecule has 0 aliphatic heterocycles. The van der Waals surface area contributed by atoms with Crippen molar-refractivity contribution in [2.75, 3.05) is 0 Å². The van der Waals surface area contributed by atoms with Crippen LogP contribution in [-0.4, -0.2) is 46.5 Å². The summed E-state index contributed by atoms with van der Waals surface area (Å²) in [6.07, 6.45) is 7.80. The van der Waals surface area contributed by atoms with Crippen molar-refractivity contribution >= 4 is 218 Å². The molecule has 0 saturated heterocycles. The first-order valence-corrected chi connectivity index (χ1v) is 47.0. The van der Waals surface area contributed by atoms with Gasteiger partial charge in [0.05, 0.1) is 77.2 Å². The van der Waals surface area contributed by atoms with Crippen molar-refractivity contribution in [2.24, 2.45) is 0 Å². The van der Waals surface area contributed by atoms with Crippen molar-refractivity contribution < 1.29 is 0 Å². The van der Waals surface area contributed by atoms with E-state index in [9.17, 15) is 0 Å². The van der Waals surface area contributed by atoms with E-state index in [0.29, 0.717) is 0 Å². The molecular formula is C126H86N10. The van der Waals surface area contributed by atoms with Crippen molar-refractivity contribution in [3.05, 3.63) is 462 Å². The molecule has 0 amide bonds. The van der Waals surface area contributed by atoms with Gasteiger partial charge in [-0.2, -0.15) is 0 Å². The fourth-order valence-corrected chi connectivity index (χ4v) is 22.9. The molecule has 22 aromatic carbocycles. The molecule has 0 radical (unpaired) electrons. The lowest BCUT2D eigenvalue weighted by molar-refractivity contribution is 0.818. The van der Waals surface area contributed by atoms with E-state index in [1.807, 2.05) is 24.8 Å². The minimum Gasteiger partial charge on any atom is -0.340 e. The van der Waals surface area contributed by atoms with Gasteiger partial charge in [-0.3, -0.25) is 9.97 Å². The summed E-state index contributed by atoms with van der Waals surface area (Å²) in [5, 5.41) is 29.4. The van der Waals surface area contributed by atoms with Crippen LogP contribution in [0.2, 0.25) is 0 Å². The summed E-state index contributed by atoms with van der Waals surface area (Å²) in [6.45, 7) is 6.21. The Labute approximate surface area is 781 Å². The molecule has 10 heteroatoms. The molecule has 7 heterocycles. The first-order valence-electron chi connectivity index (χ1n) is 47.0. The predicted molar refractivity (Wildman–Crippen MR) is 575 cm³/mol. The smallest absolute Gasteiger partial charge is 0.0785 e. The van der Waals surface area contributed by atoms with Crippen molar-refractivity contribution in [3.8, 4) is 34.1 Å². The number of nitrogens with zero attached hydrogens (tertiary/aromatic N) is 10. The topological polar surface area (TPSA) is 65.2 Å². The lowest BCUT2D eigenvalue weighted by Crippen LogP contribution is -2.05. The number of hydrogen-bond acceptors (Lipinski definition) is 2. The molecule has 7 aromatic heterocycles. The first-order chi connectivity index (χ1) is 67.5. The van der Waals surface area contributed by atoms with Crippen molar-refractivity contribution in [3.63, 3.8) is 0 Å². The Bertz CT molecular complexity index is 9140. The van der Waals surface area contributed by atoms with E-state index >= 15 is 0 Å². The van der Waals surface area contributed by atoms with Crippen LogP contribution in [0.3, 0.4) is 0 Å². The molecular weight excluding hydrogens is 1650 g/mol. The zero-order valence-corrected chi connectivity index (χ0v) is 74.8. The highest BCUT2D eigenvalue weighted by Crippen LogP contribution is 2.48. The van der Waals surface area contributed by atoms with Crippen LogP contribution in [0.15, 0.2) is 462 Å². The molecule has 29 rings (SSSR count). The Morgan fingerprint density at radius 2 is 0.360 bits per heavy atom. The monoisotopic (exact) mass is 1740 g/mol. The molecule has 0 aliphatic rings. The molecule has 0 saturated carbocycles. The second-order valence-electron chi connectivity index (χ2n) is 35.5. The maximum atomic E-state index is 4.61. The standard InChI is InChI=1S/C48H36N4.C40H26N2.C38H24N4/c1-3-49-39-27-15-23-33-37(39)30-44(48-46(33)36-22-12-14-26-42(36)52(48)32-19-9-6-10-20-32)50(4-2)40-28-16-24-34-38(40)29-43(49)47-45(34)35-21-11-13-25-41(35)51(47)31-17-7-5-8-18-31;1-3-13-27(14-4-1)41-37-23-11-21-31-30-18-8-10-20-34(30)40(26-35(31)37)42(28-15-5-2-6-16-28)38-24-12-22-32-29-17-7-9-19-33(29)39(41)25-36(32)38;1-3-9-25(10-4-1)41-35-15-7-13-27-30-18-20-40-24-34(30)38(22-31(27)35)42(26-11-5-2-6-12-26)36-16-8-14-28-29-17-19-39-23-33(29)37(41)21-32(28)36/h5-30H,3-4H2,1-2H3;1-26H;1-24H. The third-order valence-electron chi connectivity index (χ3n) is 28.5. The highest BCUT2D eigenvalue weighted by atomic mass is 15.1. The normalized spacial score (nSPS) is 12.0. The van der Waals surface area contributed by atoms with E-state index < -0.39 is 0 Å². The van der Waals surface area contributed by atoms with E-state index in [1.165, 1.54) is 196 Å². The van der Waals surface area contributed by atoms with Gasteiger partial charge in [0.1, 0.15) is 0 Å². The molecule has 0 N–H and O–H groups in total. The number of benzene rings is 22. The van der Waals surface area contributed by atoms with Crippen molar-refractivity contribution in [1.29, 1.82) is 0 Å². The summed E-state index contributed by atoms with van der Waals surface area (Å²) in [5.41, 5.74) is 25.7. The number of para-hydroxylation sites is 8. The number of aromatic nitrogens is 10. The molecule has 640 valence electrons. The Hall–Kier alpha value is -17.9. The van der Waals surface area contributed by atoms with Gasteiger partial charge >= 0.3 is 0 Å². The van der Waals surface area contributed by atoms with Crippen LogP contribution < -0.4 is 0 Å². The Morgan fingerprint density at radius 3 is 0.669 bits per heavy atom. The number of aryl methyl sites for hydroxylation is 2. The molecule has 29 aromatic rings. The molecule has 0 fully saturated rings. The quantitative estimate of drug-likeness (QED) is 0.142. The first kappa shape index (κ1) is 78.0. The van der Waals surface area contributed by atoms with Gasteiger partial charge in [0.2, 0.25) is 0 Å². The lowest BCUT2D eigenvalue weighted by atomic mass is 9.97. The van der Waals surface area contributed by atoms with E-state index in [2.05, 4.69) is 497 Å². The zero-order chi connectivity index (χ0) is 89.7. The van der Waals surface area contributed by atoms with E-state index in [1.54, 1.807) is 0 Å². The van der Waals surface area contributed by atoms with Crippen LogP contribution >= 0.6 is 0 Å². The van der Waals surface area contributed by atoms with Gasteiger partial charge in [0, 0.05) is 158 Å². The maximum Gasteiger partial charge on any atom is 0.0785 e. The fourth-order valence-electron chi connectivity index (χ4n) is 22.9. The Balaban J connectivity index is 0.000000104. The molecule has 20 bridgehead atoms. The number of rotatable bonds is 8. The van der Waals surface area contributed by atoms with Crippen LogP contribution in [0.4, 0.5) is 0 Å². The van der Waals surface area contributed by atoms with Crippen LogP contribution in [0, 0.1) is 0 Å². The van der Waals surface area contributed by atoms with Gasteiger partial charge in [-0.05, 0) is 238 Å². The molecule has 0 unspecified atom stereocenters. The molecule has 0 atom stereocenters. The summed E-state index contributed by atoms with van der Waals surface area (Å²) in [4.78, 5) is 9.21. The summed E-state index contributed by atoms with van der Waals surface area (Å²) < 4.78 is 19.8. The molecule has 0 spiro atoms. The summed E-state index contributed by atoms with van der Waals surface area (Å²) in [6, 6.07) is 159. The number of hydrogen-bond donors (Lipinski definition) is 0. The van der Waals surface area contributed by atoms with Gasteiger partial charge in [-0.25, -0.2) is 0 Å². The van der Waals surface area contributed by atoms with Gasteiger partial charge in [-0.1, -0.05) is 267 Å². The SMILES string of the molecule is CCn1c2cccc3c2cc(c2c3c3ccccc3n2-c2ccccc2)n(CC)c2cccc3c2cc1c1c3c2ccccc2n1-c1ccccc1.c1ccc(-n2c3cccc4c5ccccc5c(cc43)n(-c3ccccc3)c3cccc4c5ccccc5c2cc43)cc1.c1ccc(-n2c3cccc4c5ccncc5c(cc43)n(-c3ccccc3)c3cccc4c5ccncc5c2cc43)cc1. The van der Waals surface area contributed by atoms with E-state index in [-0.39, 0.29) is 0 Å². The second-order valence-corrected chi connectivity index (χ2v) is 35.5. The fraction of sp³-hybridized carbons (Fsp3) is 0.0317. The highest BCUT2D eigenvalue weighted by molar-refractivity contribution is 6.32. The van der Waals surface area contributed by atoms with E-state index in [0.717, 1.165) is 68.7 Å². The highest BCUT2D eigenvalue weighted by Gasteiger charge is 2.27.